The summed E-state index contributed by atoms with van der Waals surface area (Å²) in [5.41, 5.74) is 2.13. The normalized spacial score (nSPS) is 11.5. The number of hydrogen-bond acceptors (Lipinski definition) is 6. The summed E-state index contributed by atoms with van der Waals surface area (Å²) in [6.45, 7) is 0. The van der Waals surface area contributed by atoms with Gasteiger partial charge in [0.25, 0.3) is 0 Å². The highest BCUT2D eigenvalue weighted by Crippen LogP contribution is 2.39. The molecule has 0 bridgehead atoms. The van der Waals surface area contributed by atoms with Gasteiger partial charge in [-0.25, -0.2) is 0 Å². The van der Waals surface area contributed by atoms with Crippen molar-refractivity contribution in [3.05, 3.63) is 83.4 Å². The number of benzene rings is 3. The minimum Gasteiger partial charge on any atom is -0.508 e. The Hall–Kier alpha value is -3.80. The summed E-state index contributed by atoms with van der Waals surface area (Å²) in [6.07, 6.45) is 1.01. The van der Waals surface area contributed by atoms with E-state index in [0.29, 0.717) is 29.2 Å². The molecule has 1 atom stereocenters. The summed E-state index contributed by atoms with van der Waals surface area (Å²) in [4.78, 5) is 26.9. The fraction of sp³-hybridized carbons (Fsp3) is 0.259. The van der Waals surface area contributed by atoms with Gasteiger partial charge in [-0.3, -0.25) is 9.59 Å². The number of phenols is 1. The van der Waals surface area contributed by atoms with Gasteiger partial charge >= 0.3 is 0 Å². The second kappa shape index (κ2) is 11.2. The molecule has 1 N–H and O–H groups in total. The van der Waals surface area contributed by atoms with Crippen LogP contribution in [0.3, 0.4) is 0 Å². The highest BCUT2D eigenvalue weighted by Gasteiger charge is 2.29. The number of rotatable bonds is 11. The van der Waals surface area contributed by atoms with Gasteiger partial charge in [0, 0.05) is 12.0 Å². The van der Waals surface area contributed by atoms with Crippen molar-refractivity contribution in [1.82, 2.24) is 0 Å². The van der Waals surface area contributed by atoms with Crippen LogP contribution < -0.4 is 14.2 Å². The number of hydrogen-bond donors (Lipinski definition) is 1. The first kappa shape index (κ1) is 23.9. The first-order valence-electron chi connectivity index (χ1n) is 10.7. The minimum absolute atomic E-state index is 0.127. The number of aryl methyl sites for hydroxylation is 1. The van der Waals surface area contributed by atoms with Crippen molar-refractivity contribution in [3.63, 3.8) is 0 Å². The van der Waals surface area contributed by atoms with Crippen LogP contribution in [0.15, 0.2) is 66.7 Å². The van der Waals surface area contributed by atoms with Crippen LogP contribution in [0.1, 0.15) is 27.9 Å². The summed E-state index contributed by atoms with van der Waals surface area (Å²) in [6, 6.07) is 19.4. The third kappa shape index (κ3) is 5.92. The van der Waals surface area contributed by atoms with E-state index in [-0.39, 0.29) is 30.2 Å². The van der Waals surface area contributed by atoms with Crippen molar-refractivity contribution in [2.45, 2.75) is 19.3 Å². The van der Waals surface area contributed by atoms with Crippen LogP contribution in [-0.2, 0) is 17.6 Å². The molecule has 0 aromatic heterocycles. The molecule has 0 amide bonds. The standard InChI is InChI=1S/C27H28O6/c1-31-24-16-20(17-25(32-2)27(24)33-3)26(30)22(15-19-9-12-21(28)13-10-19)23(29)14-11-18-7-5-4-6-8-18/h4-10,12-13,16-17,22,28H,11,14-15H2,1-3H3. The zero-order valence-electron chi connectivity index (χ0n) is 19.0. The summed E-state index contributed by atoms with van der Waals surface area (Å²) in [7, 11) is 4.44. The third-order valence-corrected chi connectivity index (χ3v) is 5.53. The van der Waals surface area contributed by atoms with E-state index in [1.807, 2.05) is 30.3 Å². The summed E-state index contributed by atoms with van der Waals surface area (Å²) in [5.74, 6) is -0.156. The molecular formula is C27H28O6. The number of aromatic hydroxyl groups is 1. The quantitative estimate of drug-likeness (QED) is 0.339. The maximum Gasteiger partial charge on any atom is 0.203 e. The molecule has 0 saturated heterocycles. The molecule has 1 unspecified atom stereocenters. The number of ether oxygens (including phenoxy) is 3. The Morgan fingerprint density at radius 1 is 0.818 bits per heavy atom. The summed E-state index contributed by atoms with van der Waals surface area (Å²) >= 11 is 0. The number of carbonyl (C=O) groups excluding carboxylic acids is 2. The Bertz CT molecular complexity index is 1060. The second-order valence-corrected chi connectivity index (χ2v) is 7.65. The number of methoxy groups -OCH3 is 3. The summed E-state index contributed by atoms with van der Waals surface area (Å²) < 4.78 is 16.1. The molecule has 0 saturated carbocycles. The average Bonchev–Trinajstić information content (AvgIpc) is 2.86. The predicted octanol–water partition coefficient (Wildman–Crippen LogP) is 4.66. The van der Waals surface area contributed by atoms with Gasteiger partial charge in [-0.2, -0.15) is 0 Å². The fourth-order valence-corrected chi connectivity index (χ4v) is 3.73. The van der Waals surface area contributed by atoms with Crippen molar-refractivity contribution in [2.24, 2.45) is 5.92 Å². The van der Waals surface area contributed by atoms with E-state index in [2.05, 4.69) is 0 Å². The van der Waals surface area contributed by atoms with E-state index >= 15 is 0 Å². The van der Waals surface area contributed by atoms with Gasteiger partial charge in [-0.05, 0) is 48.2 Å². The van der Waals surface area contributed by atoms with E-state index < -0.39 is 5.92 Å². The summed E-state index contributed by atoms with van der Waals surface area (Å²) in [5, 5.41) is 9.59. The van der Waals surface area contributed by atoms with Gasteiger partial charge < -0.3 is 19.3 Å². The van der Waals surface area contributed by atoms with Crippen LogP contribution in [0, 0.1) is 5.92 Å². The minimum atomic E-state index is -0.888. The zero-order valence-corrected chi connectivity index (χ0v) is 19.0. The fourth-order valence-electron chi connectivity index (χ4n) is 3.73. The first-order valence-corrected chi connectivity index (χ1v) is 10.7. The Morgan fingerprint density at radius 2 is 1.42 bits per heavy atom. The molecule has 172 valence electrons. The topological polar surface area (TPSA) is 82.1 Å². The molecule has 3 aromatic rings. The lowest BCUT2D eigenvalue weighted by Crippen LogP contribution is -2.27. The lowest BCUT2D eigenvalue weighted by molar-refractivity contribution is -0.121. The van der Waals surface area contributed by atoms with Crippen molar-refractivity contribution in [3.8, 4) is 23.0 Å². The van der Waals surface area contributed by atoms with E-state index in [4.69, 9.17) is 14.2 Å². The van der Waals surface area contributed by atoms with Crippen LogP contribution in [0.5, 0.6) is 23.0 Å². The monoisotopic (exact) mass is 448 g/mol. The lowest BCUT2D eigenvalue weighted by atomic mass is 9.85. The first-order chi connectivity index (χ1) is 16.0. The van der Waals surface area contributed by atoms with Crippen molar-refractivity contribution in [2.75, 3.05) is 21.3 Å². The Morgan fingerprint density at radius 3 is 1.97 bits per heavy atom. The van der Waals surface area contributed by atoms with Gasteiger partial charge in [0.2, 0.25) is 5.75 Å². The maximum atomic E-state index is 13.6. The van der Waals surface area contributed by atoms with Crippen LogP contribution >= 0.6 is 0 Å². The van der Waals surface area contributed by atoms with Crippen LogP contribution in [0.2, 0.25) is 0 Å². The number of phenolic OH excluding ortho intramolecular Hbond substituents is 1. The SMILES string of the molecule is COc1cc(C(=O)C(Cc2ccc(O)cc2)C(=O)CCc2ccccc2)cc(OC)c1OC. The third-order valence-electron chi connectivity index (χ3n) is 5.53. The zero-order chi connectivity index (χ0) is 23.8. The van der Waals surface area contributed by atoms with E-state index in [1.54, 1.807) is 36.4 Å². The van der Waals surface area contributed by atoms with Crippen molar-refractivity contribution in [1.29, 1.82) is 0 Å². The smallest absolute Gasteiger partial charge is 0.203 e. The average molecular weight is 449 g/mol. The molecule has 6 nitrogen and oxygen atoms in total. The molecule has 0 aliphatic rings. The molecule has 0 aliphatic heterocycles. The molecule has 3 rings (SSSR count). The molecule has 0 aliphatic carbocycles. The van der Waals surface area contributed by atoms with Crippen molar-refractivity contribution >= 4 is 11.6 Å². The molecule has 0 fully saturated rings. The number of carbonyl (C=O) groups is 2. The van der Waals surface area contributed by atoms with Gasteiger partial charge in [-0.15, -0.1) is 0 Å². The lowest BCUT2D eigenvalue weighted by Gasteiger charge is -2.18. The van der Waals surface area contributed by atoms with Crippen LogP contribution in [0.4, 0.5) is 0 Å². The Kier molecular flexibility index (Phi) is 8.08. The largest absolute Gasteiger partial charge is 0.508 e. The number of Topliss-reactive ketones (excluding diaryl/α,β-unsaturated/α-hetero) is 2. The maximum absolute atomic E-state index is 13.6. The molecule has 33 heavy (non-hydrogen) atoms. The van der Waals surface area contributed by atoms with Gasteiger partial charge in [0.05, 0.1) is 27.2 Å². The predicted molar refractivity (Wildman–Crippen MR) is 125 cm³/mol. The molecule has 0 heterocycles. The molecule has 0 radical (unpaired) electrons. The van der Waals surface area contributed by atoms with Crippen molar-refractivity contribution < 1.29 is 28.9 Å². The van der Waals surface area contributed by atoms with Gasteiger partial charge in [0.15, 0.2) is 17.3 Å². The highest BCUT2D eigenvalue weighted by atomic mass is 16.5. The van der Waals surface area contributed by atoms with Gasteiger partial charge in [-0.1, -0.05) is 42.5 Å². The molecule has 6 heteroatoms. The Labute approximate surface area is 193 Å². The molecule has 0 spiro atoms. The van der Waals surface area contributed by atoms with E-state index in [0.717, 1.165) is 11.1 Å². The van der Waals surface area contributed by atoms with Crippen LogP contribution in [0.25, 0.3) is 0 Å². The second-order valence-electron chi connectivity index (χ2n) is 7.65. The number of ketones is 2. The van der Waals surface area contributed by atoms with E-state index in [9.17, 15) is 14.7 Å². The van der Waals surface area contributed by atoms with Gasteiger partial charge in [0.1, 0.15) is 11.5 Å². The highest BCUT2D eigenvalue weighted by molar-refractivity contribution is 6.11. The van der Waals surface area contributed by atoms with E-state index in [1.165, 1.54) is 21.3 Å². The molecule has 3 aromatic carbocycles. The Balaban J connectivity index is 1.92. The molecular weight excluding hydrogens is 420 g/mol. The van der Waals surface area contributed by atoms with Crippen LogP contribution in [-0.4, -0.2) is 38.0 Å².